The minimum atomic E-state index is -0.186. The molecule has 2 aliphatic heterocycles. The summed E-state index contributed by atoms with van der Waals surface area (Å²) in [5.74, 6) is 1.40. The Morgan fingerprint density at radius 3 is 2.28 bits per heavy atom. The average Bonchev–Trinajstić information content (AvgIpc) is 2.94. The van der Waals surface area contributed by atoms with Crippen molar-refractivity contribution < 1.29 is 9.47 Å². The van der Waals surface area contributed by atoms with Crippen molar-refractivity contribution in [3.63, 3.8) is 0 Å². The first-order valence-electron chi connectivity index (χ1n) is 12.3. The molecule has 2 N–H and O–H groups in total. The second kappa shape index (κ2) is 9.96. The van der Waals surface area contributed by atoms with E-state index in [1.54, 1.807) is 6.20 Å². The first kappa shape index (κ1) is 22.5. The van der Waals surface area contributed by atoms with Crippen molar-refractivity contribution >= 4 is 33.8 Å². The van der Waals surface area contributed by atoms with E-state index in [1.807, 2.05) is 42.5 Å². The number of benzene rings is 1. The van der Waals surface area contributed by atoms with Crippen LogP contribution in [0, 0.1) is 0 Å². The number of aromatic amines is 1. The zero-order chi connectivity index (χ0) is 24.3. The third kappa shape index (κ3) is 4.62. The molecule has 0 spiro atoms. The van der Waals surface area contributed by atoms with E-state index in [1.165, 1.54) is 0 Å². The minimum absolute atomic E-state index is 0.186. The number of pyridine rings is 3. The Kier molecular flexibility index (Phi) is 6.23. The monoisotopic (exact) mass is 484 g/mol. The number of aromatic nitrogens is 3. The molecule has 9 heteroatoms. The summed E-state index contributed by atoms with van der Waals surface area (Å²) >= 11 is 0. The first-order chi connectivity index (χ1) is 17.7. The zero-order valence-corrected chi connectivity index (χ0v) is 19.9. The molecule has 184 valence electrons. The molecule has 0 amide bonds. The van der Waals surface area contributed by atoms with Gasteiger partial charge in [0.25, 0.3) is 5.56 Å². The lowest BCUT2D eigenvalue weighted by molar-refractivity contribution is 0.122. The summed E-state index contributed by atoms with van der Waals surface area (Å²) in [5, 5.41) is 4.69. The van der Waals surface area contributed by atoms with Crippen molar-refractivity contribution in [2.75, 3.05) is 67.7 Å². The highest BCUT2D eigenvalue weighted by molar-refractivity contribution is 5.95. The van der Waals surface area contributed by atoms with Gasteiger partial charge in [0.15, 0.2) is 0 Å². The normalized spacial score (nSPS) is 16.3. The van der Waals surface area contributed by atoms with E-state index >= 15 is 0 Å². The van der Waals surface area contributed by atoms with Crippen LogP contribution in [0.3, 0.4) is 0 Å². The summed E-state index contributed by atoms with van der Waals surface area (Å²) in [6.45, 7) is 6.26. The summed E-state index contributed by atoms with van der Waals surface area (Å²) in [4.78, 5) is 29.8. The minimum Gasteiger partial charge on any atom is -0.378 e. The van der Waals surface area contributed by atoms with E-state index in [0.29, 0.717) is 30.1 Å². The molecule has 1 aromatic carbocycles. The summed E-state index contributed by atoms with van der Waals surface area (Å²) in [6.07, 6.45) is 1.66. The quantitative estimate of drug-likeness (QED) is 0.445. The zero-order valence-electron chi connectivity index (χ0n) is 19.9. The number of anilines is 4. The van der Waals surface area contributed by atoms with Gasteiger partial charge in [0, 0.05) is 43.8 Å². The molecule has 3 aromatic heterocycles. The Bertz CT molecular complexity index is 1410. The summed E-state index contributed by atoms with van der Waals surface area (Å²) in [6, 6.07) is 18.0. The van der Waals surface area contributed by atoms with E-state index in [0.717, 1.165) is 67.7 Å². The molecule has 0 atom stereocenters. The van der Waals surface area contributed by atoms with Crippen LogP contribution in [-0.4, -0.2) is 67.6 Å². The summed E-state index contributed by atoms with van der Waals surface area (Å²) in [5.41, 5.74) is 3.28. The second-order valence-corrected chi connectivity index (χ2v) is 8.88. The number of rotatable bonds is 5. The lowest BCUT2D eigenvalue weighted by Gasteiger charge is -2.29. The highest BCUT2D eigenvalue weighted by atomic mass is 16.5. The van der Waals surface area contributed by atoms with Crippen LogP contribution in [0.15, 0.2) is 65.6 Å². The SMILES string of the molecule is O=c1[nH]ccc2cc(-c3cccc(N4CCOCC4)n3)nc(Nc3ccc(N4CCOCC4)cc3)c12. The molecule has 0 radical (unpaired) electrons. The average molecular weight is 485 g/mol. The Balaban J connectivity index is 1.35. The predicted molar refractivity (Wildman–Crippen MR) is 141 cm³/mol. The molecule has 0 bridgehead atoms. The molecule has 9 nitrogen and oxygen atoms in total. The highest BCUT2D eigenvalue weighted by Crippen LogP contribution is 2.29. The van der Waals surface area contributed by atoms with Crippen molar-refractivity contribution in [1.82, 2.24) is 15.0 Å². The van der Waals surface area contributed by atoms with Crippen LogP contribution < -0.4 is 20.7 Å². The van der Waals surface area contributed by atoms with E-state index in [4.69, 9.17) is 19.4 Å². The Morgan fingerprint density at radius 1 is 0.806 bits per heavy atom. The van der Waals surface area contributed by atoms with Gasteiger partial charge in [-0.25, -0.2) is 9.97 Å². The molecule has 0 saturated carbocycles. The van der Waals surface area contributed by atoms with Crippen LogP contribution in [0.25, 0.3) is 22.2 Å². The molecule has 2 saturated heterocycles. The fourth-order valence-electron chi connectivity index (χ4n) is 4.68. The molecule has 0 aliphatic carbocycles. The first-order valence-corrected chi connectivity index (χ1v) is 12.3. The van der Waals surface area contributed by atoms with E-state index in [9.17, 15) is 4.79 Å². The molecule has 5 heterocycles. The van der Waals surface area contributed by atoms with Gasteiger partial charge in [-0.2, -0.15) is 0 Å². The standard InChI is InChI=1S/C27H28N6O3/c34-27-25-19(8-9-28-27)18-23(22-2-1-3-24(30-22)33-12-16-36-17-13-33)31-26(25)29-20-4-6-21(7-5-20)32-10-14-35-15-11-32/h1-9,18H,10-17H2,(H,28,34)(H,29,31). The lowest BCUT2D eigenvalue weighted by atomic mass is 10.1. The third-order valence-corrected chi connectivity index (χ3v) is 6.59. The third-order valence-electron chi connectivity index (χ3n) is 6.59. The van der Waals surface area contributed by atoms with E-state index in [-0.39, 0.29) is 5.56 Å². The summed E-state index contributed by atoms with van der Waals surface area (Å²) < 4.78 is 10.9. The molecule has 2 aliphatic rings. The van der Waals surface area contributed by atoms with Gasteiger partial charge in [0.2, 0.25) is 0 Å². The second-order valence-electron chi connectivity index (χ2n) is 8.88. The summed E-state index contributed by atoms with van der Waals surface area (Å²) in [7, 11) is 0. The van der Waals surface area contributed by atoms with Crippen LogP contribution in [0.2, 0.25) is 0 Å². The molecule has 36 heavy (non-hydrogen) atoms. The number of nitrogens with zero attached hydrogens (tertiary/aromatic N) is 4. The molecule has 2 fully saturated rings. The van der Waals surface area contributed by atoms with Gasteiger partial charge in [-0.1, -0.05) is 6.07 Å². The van der Waals surface area contributed by atoms with E-state index in [2.05, 4.69) is 32.2 Å². The van der Waals surface area contributed by atoms with Crippen LogP contribution >= 0.6 is 0 Å². The predicted octanol–water partition coefficient (Wildman–Crippen LogP) is 3.40. The largest absolute Gasteiger partial charge is 0.378 e. The lowest BCUT2D eigenvalue weighted by Crippen LogP contribution is -2.36. The van der Waals surface area contributed by atoms with Gasteiger partial charge < -0.3 is 29.6 Å². The maximum absolute atomic E-state index is 12.8. The van der Waals surface area contributed by atoms with Gasteiger partial charge in [0.1, 0.15) is 11.6 Å². The van der Waals surface area contributed by atoms with E-state index < -0.39 is 0 Å². The van der Waals surface area contributed by atoms with Crippen molar-refractivity contribution in [3.05, 3.63) is 71.1 Å². The van der Waals surface area contributed by atoms with Gasteiger partial charge in [0.05, 0.1) is 43.2 Å². The smallest absolute Gasteiger partial charge is 0.259 e. The van der Waals surface area contributed by atoms with Crippen LogP contribution in [0.4, 0.5) is 23.0 Å². The van der Waals surface area contributed by atoms with Gasteiger partial charge in [-0.05, 0) is 53.9 Å². The molecular formula is C27H28N6O3. The maximum Gasteiger partial charge on any atom is 0.259 e. The molecule has 4 aromatic rings. The number of morpholine rings is 2. The number of hydrogen-bond donors (Lipinski definition) is 2. The molecule has 6 rings (SSSR count). The topological polar surface area (TPSA) is 95.6 Å². The number of fused-ring (bicyclic) bond motifs is 1. The van der Waals surface area contributed by atoms with Gasteiger partial charge >= 0.3 is 0 Å². The fourth-order valence-corrected chi connectivity index (χ4v) is 4.68. The number of ether oxygens (including phenoxy) is 2. The van der Waals surface area contributed by atoms with Gasteiger partial charge in [-0.3, -0.25) is 4.79 Å². The van der Waals surface area contributed by atoms with Crippen LogP contribution in [0.5, 0.6) is 0 Å². The molecule has 0 unspecified atom stereocenters. The van der Waals surface area contributed by atoms with Crippen molar-refractivity contribution in [3.8, 4) is 11.4 Å². The Hall–Kier alpha value is -3.95. The van der Waals surface area contributed by atoms with Crippen LogP contribution in [-0.2, 0) is 9.47 Å². The highest BCUT2D eigenvalue weighted by Gasteiger charge is 2.16. The number of H-pyrrole nitrogens is 1. The van der Waals surface area contributed by atoms with Crippen LogP contribution in [0.1, 0.15) is 0 Å². The Labute approximate surface area is 208 Å². The van der Waals surface area contributed by atoms with Crippen molar-refractivity contribution in [2.24, 2.45) is 0 Å². The molecular weight excluding hydrogens is 456 g/mol. The Morgan fingerprint density at radius 2 is 1.53 bits per heavy atom. The van der Waals surface area contributed by atoms with Crippen molar-refractivity contribution in [2.45, 2.75) is 0 Å². The fraction of sp³-hybridized carbons (Fsp3) is 0.296. The van der Waals surface area contributed by atoms with Gasteiger partial charge in [-0.15, -0.1) is 0 Å². The van der Waals surface area contributed by atoms with Crippen molar-refractivity contribution in [1.29, 1.82) is 0 Å². The maximum atomic E-state index is 12.8. The number of hydrogen-bond acceptors (Lipinski definition) is 8. The number of nitrogens with one attached hydrogen (secondary N) is 2.